The largest absolute Gasteiger partial charge is 0.371 e. The van der Waals surface area contributed by atoms with Crippen LogP contribution in [0.1, 0.15) is 12.5 Å². The maximum absolute atomic E-state index is 12.3. The topological polar surface area (TPSA) is 55.2 Å². The summed E-state index contributed by atoms with van der Waals surface area (Å²) in [6, 6.07) is 3.29. The van der Waals surface area contributed by atoms with Gasteiger partial charge in [-0.3, -0.25) is 10.1 Å². The number of rotatable bonds is 4. The van der Waals surface area contributed by atoms with Crippen molar-refractivity contribution in [1.29, 1.82) is 0 Å². The van der Waals surface area contributed by atoms with Gasteiger partial charge < -0.3 is 5.32 Å². The molecular weight excluding hydrogens is 218 g/mol. The van der Waals surface area contributed by atoms with Gasteiger partial charge in [0.1, 0.15) is 5.69 Å². The summed E-state index contributed by atoms with van der Waals surface area (Å²) in [4.78, 5) is 10.1. The van der Waals surface area contributed by atoms with Crippen molar-refractivity contribution in [2.24, 2.45) is 0 Å². The Labute approximate surface area is 91.4 Å². The van der Waals surface area contributed by atoms with Gasteiger partial charge in [0.25, 0.3) is 12.1 Å². The summed E-state index contributed by atoms with van der Waals surface area (Å²) >= 11 is 0. The van der Waals surface area contributed by atoms with E-state index in [4.69, 9.17) is 0 Å². The number of nitrogens with one attached hydrogen (secondary N) is 1. The molecule has 0 saturated carbocycles. The molecule has 0 aliphatic rings. The molecule has 6 heteroatoms. The standard InChI is InChI=1S/C10H12F2N2O2/c1-6-3-4-8(9(5-6)14(15)16)13-7(2)10(11)12/h3-5,7,10,13H,1-2H3. The summed E-state index contributed by atoms with van der Waals surface area (Å²) in [6.45, 7) is 2.97. The van der Waals surface area contributed by atoms with Crippen LogP contribution in [-0.4, -0.2) is 17.4 Å². The van der Waals surface area contributed by atoms with Crippen molar-refractivity contribution in [3.05, 3.63) is 33.9 Å². The van der Waals surface area contributed by atoms with Crippen molar-refractivity contribution in [3.8, 4) is 0 Å². The van der Waals surface area contributed by atoms with E-state index in [0.717, 1.165) is 0 Å². The van der Waals surface area contributed by atoms with Gasteiger partial charge in [0, 0.05) is 6.07 Å². The minimum atomic E-state index is -2.57. The van der Waals surface area contributed by atoms with E-state index in [2.05, 4.69) is 5.32 Å². The highest BCUT2D eigenvalue weighted by Crippen LogP contribution is 2.26. The third-order valence-electron chi connectivity index (χ3n) is 2.11. The molecule has 0 fully saturated rings. The molecule has 0 amide bonds. The van der Waals surface area contributed by atoms with Crippen molar-refractivity contribution >= 4 is 11.4 Å². The highest BCUT2D eigenvalue weighted by molar-refractivity contribution is 5.62. The molecule has 1 N–H and O–H groups in total. The number of anilines is 1. The number of alkyl halides is 2. The quantitative estimate of drug-likeness (QED) is 0.639. The van der Waals surface area contributed by atoms with Crippen molar-refractivity contribution < 1.29 is 13.7 Å². The molecule has 1 rings (SSSR count). The summed E-state index contributed by atoms with van der Waals surface area (Å²) in [5, 5.41) is 13.1. The minimum absolute atomic E-state index is 0.114. The molecule has 0 heterocycles. The Kier molecular flexibility index (Phi) is 3.76. The monoisotopic (exact) mass is 230 g/mol. The Balaban J connectivity index is 2.99. The Bertz CT molecular complexity index is 396. The SMILES string of the molecule is Cc1ccc(NC(C)C(F)F)c([N+](=O)[O-])c1. The lowest BCUT2D eigenvalue weighted by Crippen LogP contribution is -2.24. The third kappa shape index (κ3) is 2.88. The van der Waals surface area contributed by atoms with Crippen LogP contribution in [0.5, 0.6) is 0 Å². The summed E-state index contributed by atoms with van der Waals surface area (Å²) < 4.78 is 24.6. The van der Waals surface area contributed by atoms with Gasteiger partial charge in [-0.05, 0) is 25.5 Å². The van der Waals surface area contributed by atoms with E-state index in [1.165, 1.54) is 19.1 Å². The van der Waals surface area contributed by atoms with Gasteiger partial charge in [-0.15, -0.1) is 0 Å². The highest BCUT2D eigenvalue weighted by Gasteiger charge is 2.19. The lowest BCUT2D eigenvalue weighted by Gasteiger charge is -2.14. The molecular formula is C10H12F2N2O2. The normalized spacial score (nSPS) is 12.6. The average Bonchev–Trinajstić information content (AvgIpc) is 2.20. The molecule has 0 saturated heterocycles. The van der Waals surface area contributed by atoms with E-state index in [1.54, 1.807) is 13.0 Å². The zero-order valence-electron chi connectivity index (χ0n) is 8.91. The van der Waals surface area contributed by atoms with Crippen LogP contribution >= 0.6 is 0 Å². The molecule has 0 aromatic heterocycles. The van der Waals surface area contributed by atoms with Crippen molar-refractivity contribution in [1.82, 2.24) is 0 Å². The molecule has 0 bridgehead atoms. The zero-order valence-corrected chi connectivity index (χ0v) is 8.91. The van der Waals surface area contributed by atoms with Gasteiger partial charge in [0.05, 0.1) is 11.0 Å². The number of benzene rings is 1. The zero-order chi connectivity index (χ0) is 12.3. The molecule has 1 aromatic carbocycles. The molecule has 1 atom stereocenters. The predicted molar refractivity (Wildman–Crippen MR) is 56.9 cm³/mol. The van der Waals surface area contributed by atoms with Gasteiger partial charge in [-0.2, -0.15) is 0 Å². The van der Waals surface area contributed by atoms with E-state index in [0.29, 0.717) is 5.56 Å². The molecule has 0 radical (unpaired) electrons. The van der Waals surface area contributed by atoms with Gasteiger partial charge in [0.2, 0.25) is 0 Å². The van der Waals surface area contributed by atoms with Crippen molar-refractivity contribution in [2.45, 2.75) is 26.3 Å². The summed E-state index contributed by atoms with van der Waals surface area (Å²) in [5.41, 5.74) is 0.637. The highest BCUT2D eigenvalue weighted by atomic mass is 19.3. The van der Waals surface area contributed by atoms with Crippen LogP contribution in [0.4, 0.5) is 20.2 Å². The Hall–Kier alpha value is -1.72. The van der Waals surface area contributed by atoms with Crippen LogP contribution in [-0.2, 0) is 0 Å². The first-order valence-electron chi connectivity index (χ1n) is 4.71. The van der Waals surface area contributed by atoms with E-state index in [9.17, 15) is 18.9 Å². The van der Waals surface area contributed by atoms with Crippen molar-refractivity contribution in [3.63, 3.8) is 0 Å². The number of nitro benzene ring substituents is 1. The second kappa shape index (κ2) is 4.87. The maximum Gasteiger partial charge on any atom is 0.292 e. The summed E-state index contributed by atoms with van der Waals surface area (Å²) in [7, 11) is 0. The van der Waals surface area contributed by atoms with Gasteiger partial charge in [-0.1, -0.05) is 6.07 Å². The first-order valence-corrected chi connectivity index (χ1v) is 4.71. The van der Waals surface area contributed by atoms with Crippen LogP contribution < -0.4 is 5.32 Å². The third-order valence-corrected chi connectivity index (χ3v) is 2.11. The lowest BCUT2D eigenvalue weighted by atomic mass is 10.2. The van der Waals surface area contributed by atoms with E-state index >= 15 is 0 Å². The number of halogens is 2. The van der Waals surface area contributed by atoms with Gasteiger partial charge >= 0.3 is 0 Å². The second-order valence-corrected chi connectivity index (χ2v) is 3.55. The molecule has 0 aliphatic heterocycles. The summed E-state index contributed by atoms with van der Waals surface area (Å²) in [5.74, 6) is 0. The number of nitro groups is 1. The number of nitrogens with zero attached hydrogens (tertiary/aromatic N) is 1. The first kappa shape index (κ1) is 12.4. The Morgan fingerprint density at radius 2 is 2.06 bits per heavy atom. The predicted octanol–water partition coefficient (Wildman–Crippen LogP) is 2.97. The number of hydrogen-bond acceptors (Lipinski definition) is 3. The number of hydrogen-bond donors (Lipinski definition) is 1. The number of aryl methyl sites for hydroxylation is 1. The molecule has 0 spiro atoms. The van der Waals surface area contributed by atoms with Crippen molar-refractivity contribution in [2.75, 3.05) is 5.32 Å². The molecule has 0 aliphatic carbocycles. The Morgan fingerprint density at radius 1 is 1.44 bits per heavy atom. The second-order valence-electron chi connectivity index (χ2n) is 3.55. The Morgan fingerprint density at radius 3 is 2.56 bits per heavy atom. The lowest BCUT2D eigenvalue weighted by molar-refractivity contribution is -0.384. The smallest absolute Gasteiger partial charge is 0.292 e. The minimum Gasteiger partial charge on any atom is -0.371 e. The molecule has 88 valence electrons. The molecule has 1 aromatic rings. The fourth-order valence-corrected chi connectivity index (χ4v) is 1.22. The van der Waals surface area contributed by atoms with Gasteiger partial charge in [-0.25, -0.2) is 8.78 Å². The average molecular weight is 230 g/mol. The fraction of sp³-hybridized carbons (Fsp3) is 0.400. The van der Waals surface area contributed by atoms with Crippen LogP contribution in [0.15, 0.2) is 18.2 Å². The fourth-order valence-electron chi connectivity index (χ4n) is 1.22. The van der Waals surface area contributed by atoms with Gasteiger partial charge in [0.15, 0.2) is 0 Å². The van der Waals surface area contributed by atoms with Crippen LogP contribution in [0.3, 0.4) is 0 Å². The maximum atomic E-state index is 12.3. The summed E-state index contributed by atoms with van der Waals surface area (Å²) in [6.07, 6.45) is -2.57. The molecule has 16 heavy (non-hydrogen) atoms. The van der Waals surface area contributed by atoms with Crippen LogP contribution in [0.2, 0.25) is 0 Å². The first-order chi connectivity index (χ1) is 7.41. The van der Waals surface area contributed by atoms with E-state index in [-0.39, 0.29) is 11.4 Å². The van der Waals surface area contributed by atoms with Crippen LogP contribution in [0.25, 0.3) is 0 Å². The van der Waals surface area contributed by atoms with Crippen LogP contribution in [0, 0.1) is 17.0 Å². The molecule has 1 unspecified atom stereocenters. The van der Waals surface area contributed by atoms with E-state index in [1.807, 2.05) is 0 Å². The molecule has 4 nitrogen and oxygen atoms in total. The van der Waals surface area contributed by atoms with E-state index < -0.39 is 17.4 Å².